The van der Waals surface area contributed by atoms with Gasteiger partial charge in [0.05, 0.1) is 9.77 Å². The largest absolute Gasteiger partial charge is 0.412 e. The lowest BCUT2D eigenvalue weighted by Crippen LogP contribution is -2.37. The van der Waals surface area contributed by atoms with Crippen LogP contribution in [0.4, 0.5) is 8.78 Å². The summed E-state index contributed by atoms with van der Waals surface area (Å²) in [7, 11) is -5.04. The Morgan fingerprint density at radius 3 is 2.21 bits per heavy atom. The highest BCUT2D eigenvalue weighted by atomic mass is 32.2. The van der Waals surface area contributed by atoms with Gasteiger partial charge in [-0.25, -0.2) is 8.42 Å². The molecule has 0 saturated carbocycles. The predicted octanol–water partition coefficient (Wildman–Crippen LogP) is 3.00. The lowest BCUT2D eigenvalue weighted by molar-refractivity contribution is 0.0531. The maximum Gasteiger partial charge on any atom is 0.412 e. The molecule has 19 heavy (non-hydrogen) atoms. The Morgan fingerprint density at radius 2 is 1.68 bits per heavy atom. The van der Waals surface area contributed by atoms with Gasteiger partial charge < -0.3 is 0 Å². The third kappa shape index (κ3) is 2.31. The predicted molar refractivity (Wildman–Crippen MR) is 67.2 cm³/mol. The van der Waals surface area contributed by atoms with Crippen molar-refractivity contribution in [2.45, 2.75) is 10.2 Å². The first-order chi connectivity index (χ1) is 8.87. The molecule has 0 bridgehead atoms. The van der Waals surface area contributed by atoms with Crippen LogP contribution in [0.15, 0.2) is 52.7 Å². The second-order valence-corrected chi connectivity index (χ2v) is 6.58. The molecule has 0 unspecified atom stereocenters. The molecule has 0 spiro atoms. The fourth-order valence-electron chi connectivity index (χ4n) is 1.42. The summed E-state index contributed by atoms with van der Waals surface area (Å²) in [6.07, 6.45) is 0. The van der Waals surface area contributed by atoms with Crippen LogP contribution in [-0.4, -0.2) is 19.5 Å². The van der Waals surface area contributed by atoms with Crippen molar-refractivity contribution < 1.29 is 22.0 Å². The van der Waals surface area contributed by atoms with E-state index in [0.717, 1.165) is 23.5 Å². The van der Waals surface area contributed by atoms with Gasteiger partial charge in [0, 0.05) is 0 Å². The summed E-state index contributed by atoms with van der Waals surface area (Å²) in [5.74, 6) is -1.70. The van der Waals surface area contributed by atoms with Crippen molar-refractivity contribution in [3.05, 3.63) is 52.7 Å². The monoisotopic (exact) mass is 302 g/mol. The van der Waals surface area contributed by atoms with E-state index in [-0.39, 0.29) is 4.88 Å². The van der Waals surface area contributed by atoms with Gasteiger partial charge in [0.2, 0.25) is 0 Å². The van der Waals surface area contributed by atoms with Gasteiger partial charge in [-0.1, -0.05) is 24.3 Å². The number of sulfone groups is 1. The third-order valence-corrected chi connectivity index (χ3v) is 5.02. The third-order valence-electron chi connectivity index (χ3n) is 2.40. The van der Waals surface area contributed by atoms with Crippen LogP contribution in [0.25, 0.3) is 0 Å². The van der Waals surface area contributed by atoms with E-state index in [2.05, 4.69) is 0 Å². The number of carbonyl (C=O) groups is 1. The number of carbonyl (C=O) groups excluding carboxylic acids is 1. The molecule has 100 valence electrons. The number of ketones is 1. The lowest BCUT2D eigenvalue weighted by atomic mass is 10.3. The summed E-state index contributed by atoms with van der Waals surface area (Å²) >= 11 is 0.775. The molecule has 1 aromatic heterocycles. The number of Topliss-reactive ketones (excluding diaryl/α,β-unsaturated/α-hetero) is 1. The van der Waals surface area contributed by atoms with Crippen LogP contribution >= 0.6 is 11.3 Å². The number of halogens is 2. The van der Waals surface area contributed by atoms with E-state index in [9.17, 15) is 22.0 Å². The number of hydrogen-bond donors (Lipinski definition) is 0. The molecule has 1 heterocycles. The average Bonchev–Trinajstić information content (AvgIpc) is 2.92. The normalized spacial score (nSPS) is 12.3. The molecule has 3 nitrogen and oxygen atoms in total. The minimum atomic E-state index is -5.04. The average molecular weight is 302 g/mol. The topological polar surface area (TPSA) is 51.2 Å². The molecule has 0 aliphatic carbocycles. The lowest BCUT2D eigenvalue weighted by Gasteiger charge is -2.14. The van der Waals surface area contributed by atoms with Crippen molar-refractivity contribution in [2.75, 3.05) is 0 Å². The van der Waals surface area contributed by atoms with Gasteiger partial charge in [-0.3, -0.25) is 4.79 Å². The Morgan fingerprint density at radius 1 is 1.05 bits per heavy atom. The minimum absolute atomic E-state index is 0.287. The maximum atomic E-state index is 13.9. The molecule has 0 saturated heterocycles. The van der Waals surface area contributed by atoms with E-state index in [4.69, 9.17) is 0 Å². The van der Waals surface area contributed by atoms with Crippen molar-refractivity contribution in [2.24, 2.45) is 0 Å². The zero-order valence-corrected chi connectivity index (χ0v) is 11.0. The SMILES string of the molecule is O=C(c1cccs1)C(F)(F)S(=O)(=O)c1ccccc1. The summed E-state index contributed by atoms with van der Waals surface area (Å²) in [6, 6.07) is 8.77. The van der Waals surface area contributed by atoms with Crippen molar-refractivity contribution in [3.8, 4) is 0 Å². The molecule has 0 aliphatic rings. The van der Waals surface area contributed by atoms with E-state index in [1.807, 2.05) is 0 Å². The highest BCUT2D eigenvalue weighted by molar-refractivity contribution is 7.93. The van der Waals surface area contributed by atoms with Crippen LogP contribution in [0.2, 0.25) is 0 Å². The number of benzene rings is 1. The van der Waals surface area contributed by atoms with Crippen molar-refractivity contribution in [1.29, 1.82) is 0 Å². The Kier molecular flexibility index (Phi) is 3.51. The van der Waals surface area contributed by atoms with Gasteiger partial charge in [0.1, 0.15) is 0 Å². The number of alkyl halides is 2. The summed E-state index contributed by atoms with van der Waals surface area (Å²) in [5, 5.41) is -3.04. The summed E-state index contributed by atoms with van der Waals surface area (Å²) < 4.78 is 51.5. The van der Waals surface area contributed by atoms with Crippen LogP contribution in [0.3, 0.4) is 0 Å². The summed E-state index contributed by atoms with van der Waals surface area (Å²) in [4.78, 5) is 10.8. The molecule has 0 fully saturated rings. The molecule has 0 radical (unpaired) electrons. The maximum absolute atomic E-state index is 13.9. The first kappa shape index (κ1) is 13.8. The first-order valence-electron chi connectivity index (χ1n) is 5.13. The standard InChI is InChI=1S/C12H8F2O3S2/c13-12(14,11(15)10-7-4-8-18-10)19(16,17)9-5-2-1-3-6-9/h1-8H. The van der Waals surface area contributed by atoms with Gasteiger partial charge in [-0.2, -0.15) is 8.78 Å². The minimum Gasteiger partial charge on any atom is -0.285 e. The van der Waals surface area contributed by atoms with Crippen LogP contribution in [-0.2, 0) is 9.84 Å². The van der Waals surface area contributed by atoms with Gasteiger partial charge in [-0.15, -0.1) is 11.3 Å². The molecule has 1 aromatic carbocycles. The highest BCUT2D eigenvalue weighted by Gasteiger charge is 2.53. The van der Waals surface area contributed by atoms with Crippen LogP contribution in [0.1, 0.15) is 9.67 Å². The molecule has 7 heteroatoms. The first-order valence-corrected chi connectivity index (χ1v) is 7.49. The zero-order valence-electron chi connectivity index (χ0n) is 9.42. The van der Waals surface area contributed by atoms with Crippen LogP contribution < -0.4 is 0 Å². The molecule has 0 atom stereocenters. The van der Waals surface area contributed by atoms with Crippen LogP contribution in [0, 0.1) is 0 Å². The fourth-order valence-corrected chi connectivity index (χ4v) is 3.35. The van der Waals surface area contributed by atoms with E-state index >= 15 is 0 Å². The molecular weight excluding hydrogens is 294 g/mol. The summed E-state index contributed by atoms with van der Waals surface area (Å²) in [6.45, 7) is 0. The molecule has 0 aliphatic heterocycles. The Bertz CT molecular complexity index is 677. The molecule has 2 rings (SSSR count). The molecule has 2 aromatic rings. The van der Waals surface area contributed by atoms with E-state index in [1.54, 1.807) is 0 Å². The van der Waals surface area contributed by atoms with Crippen molar-refractivity contribution in [1.82, 2.24) is 0 Å². The second-order valence-electron chi connectivity index (χ2n) is 3.64. The number of hydrogen-bond acceptors (Lipinski definition) is 4. The Labute approximate surface area is 112 Å². The molecule has 0 amide bonds. The quantitative estimate of drug-likeness (QED) is 0.816. The van der Waals surface area contributed by atoms with Gasteiger partial charge in [0.25, 0.3) is 15.6 Å². The zero-order chi connectivity index (χ0) is 14.1. The summed E-state index contributed by atoms with van der Waals surface area (Å²) in [5.41, 5.74) is 0. The Balaban J connectivity index is 2.48. The Hall–Kier alpha value is -1.60. The smallest absolute Gasteiger partial charge is 0.285 e. The highest BCUT2D eigenvalue weighted by Crippen LogP contribution is 2.33. The van der Waals surface area contributed by atoms with Gasteiger partial charge in [0.15, 0.2) is 0 Å². The van der Waals surface area contributed by atoms with E-state index in [1.165, 1.54) is 35.7 Å². The molecule has 0 N–H and O–H groups in total. The second kappa shape index (κ2) is 4.82. The van der Waals surface area contributed by atoms with Gasteiger partial charge >= 0.3 is 5.25 Å². The van der Waals surface area contributed by atoms with Crippen molar-refractivity contribution >= 4 is 27.0 Å². The number of thiophene rings is 1. The molecular formula is C12H8F2O3S2. The van der Waals surface area contributed by atoms with E-state index in [0.29, 0.717) is 0 Å². The fraction of sp³-hybridized carbons (Fsp3) is 0.0833. The number of rotatable bonds is 4. The van der Waals surface area contributed by atoms with Crippen molar-refractivity contribution in [3.63, 3.8) is 0 Å². The van der Waals surface area contributed by atoms with Gasteiger partial charge in [-0.05, 0) is 23.6 Å². The van der Waals surface area contributed by atoms with Crippen LogP contribution in [0.5, 0.6) is 0 Å². The van der Waals surface area contributed by atoms with E-state index < -0.39 is 25.8 Å².